The first-order chi connectivity index (χ1) is 15.0. The van der Waals surface area contributed by atoms with Crippen molar-refractivity contribution in [1.82, 2.24) is 5.32 Å². The molecule has 2 amide bonds. The zero-order valence-electron chi connectivity index (χ0n) is 16.7. The third kappa shape index (κ3) is 7.05. The third-order valence-corrected chi connectivity index (χ3v) is 4.78. The van der Waals surface area contributed by atoms with Crippen molar-refractivity contribution in [3.8, 4) is 18.1 Å². The van der Waals surface area contributed by atoms with Crippen LogP contribution in [0.3, 0.4) is 0 Å². The van der Waals surface area contributed by atoms with Gasteiger partial charge in [-0.2, -0.15) is 0 Å². The van der Waals surface area contributed by atoms with Gasteiger partial charge in [0.2, 0.25) is 5.91 Å². The van der Waals surface area contributed by atoms with Crippen molar-refractivity contribution >= 4 is 33.4 Å². The van der Waals surface area contributed by atoms with Crippen LogP contribution in [0.25, 0.3) is 0 Å². The van der Waals surface area contributed by atoms with Crippen LogP contribution in [-0.2, 0) is 17.6 Å². The highest BCUT2D eigenvalue weighted by molar-refractivity contribution is 9.10. The number of anilines is 1. The molecule has 0 saturated heterocycles. The lowest BCUT2D eigenvalue weighted by Crippen LogP contribution is -2.27. The van der Waals surface area contributed by atoms with Crippen LogP contribution in [0, 0.1) is 12.3 Å². The summed E-state index contributed by atoms with van der Waals surface area (Å²) >= 11 is 3.16. The Morgan fingerprint density at radius 1 is 1.00 bits per heavy atom. The molecule has 1 aromatic heterocycles. The number of ether oxygens (including phenoxy) is 1. The average Bonchev–Trinajstić information content (AvgIpc) is 3.21. The molecule has 3 rings (SSSR count). The van der Waals surface area contributed by atoms with E-state index in [0.717, 1.165) is 23.3 Å². The number of carbonyl (C=O) groups is 2. The number of rotatable bonds is 9. The number of benzene rings is 2. The molecule has 0 unspecified atom stereocenters. The number of furan rings is 1. The standard InChI is InChI=1S/C24H21BrN2O4/c1-2-15-30-20-9-5-17(6-10-20)13-14-26-23(28)16-18-3-7-19(8-4-18)27-24(29)21-11-12-22(25)31-21/h1,3-12H,13-16H2,(H,26,28)(H,27,29). The zero-order chi connectivity index (χ0) is 22.1. The summed E-state index contributed by atoms with van der Waals surface area (Å²) in [4.78, 5) is 24.3. The summed E-state index contributed by atoms with van der Waals surface area (Å²) in [7, 11) is 0. The van der Waals surface area contributed by atoms with Gasteiger partial charge in [0.25, 0.3) is 5.91 Å². The van der Waals surface area contributed by atoms with Crippen LogP contribution in [-0.4, -0.2) is 25.0 Å². The second kappa shape index (κ2) is 11.0. The molecule has 0 fully saturated rings. The lowest BCUT2D eigenvalue weighted by atomic mass is 10.1. The molecule has 0 radical (unpaired) electrons. The smallest absolute Gasteiger partial charge is 0.291 e. The molecule has 7 heteroatoms. The topological polar surface area (TPSA) is 80.6 Å². The Bertz CT molecular complexity index is 1070. The number of nitrogens with one attached hydrogen (secondary N) is 2. The van der Waals surface area contributed by atoms with Crippen LogP contribution in [0.5, 0.6) is 5.75 Å². The number of amides is 2. The van der Waals surface area contributed by atoms with Crippen molar-refractivity contribution < 1.29 is 18.7 Å². The Morgan fingerprint density at radius 2 is 1.71 bits per heavy atom. The lowest BCUT2D eigenvalue weighted by Gasteiger charge is -2.08. The predicted molar refractivity (Wildman–Crippen MR) is 122 cm³/mol. The van der Waals surface area contributed by atoms with Crippen molar-refractivity contribution in [2.45, 2.75) is 12.8 Å². The maximum Gasteiger partial charge on any atom is 0.291 e. The fraction of sp³-hybridized carbons (Fsp3) is 0.167. The average molecular weight is 481 g/mol. The van der Waals surface area contributed by atoms with E-state index < -0.39 is 0 Å². The van der Waals surface area contributed by atoms with Gasteiger partial charge < -0.3 is 19.8 Å². The molecule has 0 aliphatic rings. The van der Waals surface area contributed by atoms with E-state index in [1.54, 1.807) is 24.3 Å². The van der Waals surface area contributed by atoms with Gasteiger partial charge in [-0.1, -0.05) is 30.2 Å². The summed E-state index contributed by atoms with van der Waals surface area (Å²) in [6.45, 7) is 0.779. The molecule has 0 saturated carbocycles. The molecule has 31 heavy (non-hydrogen) atoms. The van der Waals surface area contributed by atoms with Crippen molar-refractivity contribution in [1.29, 1.82) is 0 Å². The summed E-state index contributed by atoms with van der Waals surface area (Å²) in [5, 5.41) is 5.66. The highest BCUT2D eigenvalue weighted by atomic mass is 79.9. The van der Waals surface area contributed by atoms with Crippen LogP contribution in [0.1, 0.15) is 21.7 Å². The van der Waals surface area contributed by atoms with Crippen molar-refractivity contribution in [2.24, 2.45) is 0 Å². The summed E-state index contributed by atoms with van der Waals surface area (Å²) in [6.07, 6.45) is 6.15. The van der Waals surface area contributed by atoms with E-state index in [1.165, 1.54) is 0 Å². The van der Waals surface area contributed by atoms with Crippen LogP contribution < -0.4 is 15.4 Å². The maximum atomic E-state index is 12.2. The fourth-order valence-corrected chi connectivity index (χ4v) is 3.11. The van der Waals surface area contributed by atoms with Gasteiger partial charge in [-0.25, -0.2) is 0 Å². The van der Waals surface area contributed by atoms with E-state index >= 15 is 0 Å². The van der Waals surface area contributed by atoms with E-state index in [-0.39, 0.29) is 30.6 Å². The molecule has 0 aliphatic heterocycles. The number of halogens is 1. The molecule has 0 spiro atoms. The quantitative estimate of drug-likeness (QED) is 0.449. The molecule has 0 bridgehead atoms. The molecule has 158 valence electrons. The maximum absolute atomic E-state index is 12.2. The fourth-order valence-electron chi connectivity index (χ4n) is 2.81. The first kappa shape index (κ1) is 22.2. The van der Waals surface area contributed by atoms with Crippen LogP contribution in [0.4, 0.5) is 5.69 Å². The number of carbonyl (C=O) groups excluding carboxylic acids is 2. The normalized spacial score (nSPS) is 10.2. The van der Waals surface area contributed by atoms with E-state index in [4.69, 9.17) is 15.6 Å². The van der Waals surface area contributed by atoms with Gasteiger partial charge in [-0.3, -0.25) is 9.59 Å². The van der Waals surface area contributed by atoms with Crippen LogP contribution in [0.15, 0.2) is 69.8 Å². The number of terminal acetylenes is 1. The molecular formula is C24H21BrN2O4. The Kier molecular flexibility index (Phi) is 7.91. The van der Waals surface area contributed by atoms with E-state index in [2.05, 4.69) is 32.5 Å². The third-order valence-electron chi connectivity index (χ3n) is 4.35. The highest BCUT2D eigenvalue weighted by Gasteiger charge is 2.11. The Hall–Kier alpha value is -3.50. The highest BCUT2D eigenvalue weighted by Crippen LogP contribution is 2.17. The largest absolute Gasteiger partial charge is 0.481 e. The van der Waals surface area contributed by atoms with Crippen molar-refractivity contribution in [2.75, 3.05) is 18.5 Å². The summed E-state index contributed by atoms with van der Waals surface area (Å²) < 4.78 is 11.1. The molecule has 3 aromatic rings. The zero-order valence-corrected chi connectivity index (χ0v) is 18.3. The first-order valence-corrected chi connectivity index (χ1v) is 10.4. The second-order valence-electron chi connectivity index (χ2n) is 6.67. The molecule has 2 N–H and O–H groups in total. The van der Waals surface area contributed by atoms with Crippen LogP contribution in [0.2, 0.25) is 0 Å². The number of hydrogen-bond donors (Lipinski definition) is 2. The molecule has 0 atom stereocenters. The van der Waals surface area contributed by atoms with Gasteiger partial charge in [0.15, 0.2) is 10.4 Å². The van der Waals surface area contributed by atoms with Gasteiger partial charge in [0, 0.05) is 12.2 Å². The lowest BCUT2D eigenvalue weighted by molar-refractivity contribution is -0.120. The van der Waals surface area contributed by atoms with Gasteiger partial charge in [0.05, 0.1) is 6.42 Å². The molecule has 2 aromatic carbocycles. The van der Waals surface area contributed by atoms with Gasteiger partial charge in [-0.15, -0.1) is 6.42 Å². The van der Waals surface area contributed by atoms with E-state index in [0.29, 0.717) is 16.9 Å². The van der Waals surface area contributed by atoms with Crippen molar-refractivity contribution in [3.63, 3.8) is 0 Å². The molecular weight excluding hydrogens is 460 g/mol. The van der Waals surface area contributed by atoms with E-state index in [9.17, 15) is 9.59 Å². The van der Waals surface area contributed by atoms with Gasteiger partial charge in [0.1, 0.15) is 12.4 Å². The Balaban J connectivity index is 1.41. The Morgan fingerprint density at radius 3 is 2.35 bits per heavy atom. The SMILES string of the molecule is C#CCOc1ccc(CCNC(=O)Cc2ccc(NC(=O)c3ccc(Br)o3)cc2)cc1. The minimum absolute atomic E-state index is 0.0637. The van der Waals surface area contributed by atoms with Gasteiger partial charge in [-0.05, 0) is 69.9 Å². The monoisotopic (exact) mass is 480 g/mol. The summed E-state index contributed by atoms with van der Waals surface area (Å²) in [5.74, 6) is 2.96. The number of hydrogen-bond acceptors (Lipinski definition) is 4. The predicted octanol–water partition coefficient (Wildman–Crippen LogP) is 4.21. The Labute approximate surface area is 189 Å². The second-order valence-corrected chi connectivity index (χ2v) is 7.45. The van der Waals surface area contributed by atoms with Crippen LogP contribution >= 0.6 is 15.9 Å². The molecule has 6 nitrogen and oxygen atoms in total. The summed E-state index contributed by atoms with van der Waals surface area (Å²) in [5.41, 5.74) is 2.57. The van der Waals surface area contributed by atoms with E-state index in [1.807, 2.05) is 36.4 Å². The van der Waals surface area contributed by atoms with Crippen molar-refractivity contribution in [3.05, 3.63) is 82.2 Å². The molecule has 1 heterocycles. The minimum Gasteiger partial charge on any atom is -0.481 e. The summed E-state index contributed by atoms with van der Waals surface area (Å²) in [6, 6.07) is 18.0. The van der Waals surface area contributed by atoms with Gasteiger partial charge >= 0.3 is 0 Å². The minimum atomic E-state index is -0.341. The first-order valence-electron chi connectivity index (χ1n) is 9.61. The molecule has 0 aliphatic carbocycles.